The predicted molar refractivity (Wildman–Crippen MR) is 91.0 cm³/mol. The number of carbonyl (C=O) groups excluding carboxylic acids is 1. The van der Waals surface area contributed by atoms with E-state index in [1.807, 2.05) is 18.2 Å². The maximum absolute atomic E-state index is 13.5. The number of halogens is 1. The molecule has 1 aromatic carbocycles. The minimum Gasteiger partial charge on any atom is -0.331 e. The normalized spacial score (nSPS) is 17.2. The van der Waals surface area contributed by atoms with Gasteiger partial charge in [-0.25, -0.2) is 9.18 Å². The van der Waals surface area contributed by atoms with Gasteiger partial charge in [-0.2, -0.15) is 0 Å². The molecule has 0 saturated heterocycles. The standard InChI is InChI=1S/C19H22FN3O/c1-3-18(14-8-10-21-11-9-14)23(2)19(24)22-17-7-5-13-4-6-15(20)12-16(13)17/h4,6,8-12,17-18H,3,5,7H2,1-2H3,(H,22,24). The van der Waals surface area contributed by atoms with Gasteiger partial charge in [0.1, 0.15) is 5.82 Å². The van der Waals surface area contributed by atoms with Gasteiger partial charge >= 0.3 is 6.03 Å². The predicted octanol–water partition coefficient (Wildman–Crippen LogP) is 4.00. The molecule has 2 atom stereocenters. The van der Waals surface area contributed by atoms with Crippen LogP contribution < -0.4 is 5.32 Å². The highest BCUT2D eigenvalue weighted by Gasteiger charge is 2.27. The number of amides is 2. The molecule has 126 valence electrons. The summed E-state index contributed by atoms with van der Waals surface area (Å²) in [4.78, 5) is 18.4. The highest BCUT2D eigenvalue weighted by atomic mass is 19.1. The Hall–Kier alpha value is -2.43. The minimum absolute atomic E-state index is 0.0126. The summed E-state index contributed by atoms with van der Waals surface area (Å²) in [6.45, 7) is 2.05. The van der Waals surface area contributed by atoms with Crippen molar-refractivity contribution in [2.24, 2.45) is 0 Å². The van der Waals surface area contributed by atoms with Crippen molar-refractivity contribution in [3.63, 3.8) is 0 Å². The van der Waals surface area contributed by atoms with Gasteiger partial charge in [0, 0.05) is 19.4 Å². The number of pyridine rings is 1. The summed E-state index contributed by atoms with van der Waals surface area (Å²) in [6, 6.07) is 8.41. The lowest BCUT2D eigenvalue weighted by atomic mass is 10.0. The molecule has 0 bridgehead atoms. The van der Waals surface area contributed by atoms with Crippen molar-refractivity contribution in [3.05, 3.63) is 65.2 Å². The highest BCUT2D eigenvalue weighted by molar-refractivity contribution is 5.75. The van der Waals surface area contributed by atoms with E-state index < -0.39 is 0 Å². The number of nitrogens with zero attached hydrogens (tertiary/aromatic N) is 2. The molecule has 4 nitrogen and oxygen atoms in total. The number of aryl methyl sites for hydroxylation is 1. The minimum atomic E-state index is -0.258. The zero-order valence-electron chi connectivity index (χ0n) is 14.0. The first kappa shape index (κ1) is 16.4. The number of urea groups is 1. The Bertz CT molecular complexity index is 720. The third-order valence-corrected chi connectivity index (χ3v) is 4.75. The van der Waals surface area contributed by atoms with Gasteiger partial charge < -0.3 is 10.2 Å². The van der Waals surface area contributed by atoms with Crippen molar-refractivity contribution >= 4 is 6.03 Å². The summed E-state index contributed by atoms with van der Waals surface area (Å²) in [7, 11) is 1.80. The molecule has 2 aromatic rings. The van der Waals surface area contributed by atoms with Gasteiger partial charge in [0.05, 0.1) is 12.1 Å². The molecular formula is C19H22FN3O. The smallest absolute Gasteiger partial charge is 0.318 e. The first-order valence-electron chi connectivity index (χ1n) is 8.31. The largest absolute Gasteiger partial charge is 0.331 e. The second-order valence-electron chi connectivity index (χ2n) is 6.20. The van der Waals surface area contributed by atoms with Crippen LogP contribution in [0.3, 0.4) is 0 Å². The average molecular weight is 327 g/mol. The molecule has 5 heteroatoms. The number of rotatable bonds is 4. The summed E-state index contributed by atoms with van der Waals surface area (Å²) in [5.41, 5.74) is 3.07. The van der Waals surface area contributed by atoms with Crippen LogP contribution in [0.5, 0.6) is 0 Å². The van der Waals surface area contributed by atoms with E-state index >= 15 is 0 Å². The Labute approximate surface area is 141 Å². The van der Waals surface area contributed by atoms with Gasteiger partial charge in [-0.15, -0.1) is 0 Å². The first-order chi connectivity index (χ1) is 11.6. The SMILES string of the molecule is CCC(c1ccncc1)N(C)C(=O)NC1CCc2ccc(F)cc21. The van der Waals surface area contributed by atoms with Crippen molar-refractivity contribution in [2.75, 3.05) is 7.05 Å². The van der Waals surface area contributed by atoms with E-state index in [1.54, 1.807) is 24.3 Å². The molecule has 0 fully saturated rings. The number of nitrogens with one attached hydrogen (secondary N) is 1. The molecule has 1 N–H and O–H groups in total. The molecule has 1 aliphatic carbocycles. The number of aromatic nitrogens is 1. The lowest BCUT2D eigenvalue weighted by molar-refractivity contribution is 0.184. The number of carbonyl (C=O) groups is 1. The average Bonchev–Trinajstić information content (AvgIpc) is 2.98. The van der Waals surface area contributed by atoms with Gasteiger partial charge in [-0.3, -0.25) is 4.98 Å². The molecule has 3 rings (SSSR count). The molecular weight excluding hydrogens is 305 g/mol. The van der Waals surface area contributed by atoms with Gasteiger partial charge in [0.25, 0.3) is 0 Å². The van der Waals surface area contributed by atoms with E-state index in [2.05, 4.69) is 17.2 Å². The maximum atomic E-state index is 13.5. The Morgan fingerprint density at radius 3 is 2.83 bits per heavy atom. The highest BCUT2D eigenvalue weighted by Crippen LogP contribution is 2.32. The van der Waals surface area contributed by atoms with Crippen LogP contribution in [-0.4, -0.2) is 23.0 Å². The van der Waals surface area contributed by atoms with E-state index in [9.17, 15) is 9.18 Å². The van der Waals surface area contributed by atoms with E-state index in [1.165, 1.54) is 12.1 Å². The molecule has 0 spiro atoms. The van der Waals surface area contributed by atoms with E-state index in [0.29, 0.717) is 0 Å². The second kappa shape index (κ2) is 6.99. The fraction of sp³-hybridized carbons (Fsp3) is 0.368. The first-order valence-corrected chi connectivity index (χ1v) is 8.31. The molecule has 1 heterocycles. The summed E-state index contributed by atoms with van der Waals surface area (Å²) in [5.74, 6) is -0.258. The third-order valence-electron chi connectivity index (χ3n) is 4.75. The molecule has 0 saturated carbocycles. The summed E-state index contributed by atoms with van der Waals surface area (Å²) in [6.07, 6.45) is 5.96. The van der Waals surface area contributed by atoms with E-state index in [-0.39, 0.29) is 23.9 Å². The molecule has 0 radical (unpaired) electrons. The quantitative estimate of drug-likeness (QED) is 0.922. The third kappa shape index (κ3) is 3.25. The zero-order chi connectivity index (χ0) is 17.1. The molecule has 2 amide bonds. The number of benzene rings is 1. The Balaban J connectivity index is 1.72. The number of hydrogen-bond acceptors (Lipinski definition) is 2. The van der Waals surface area contributed by atoms with Crippen molar-refractivity contribution in [2.45, 2.75) is 38.3 Å². The van der Waals surface area contributed by atoms with Crippen LogP contribution in [0.2, 0.25) is 0 Å². The number of hydrogen-bond donors (Lipinski definition) is 1. The van der Waals surface area contributed by atoms with Crippen molar-refractivity contribution in [1.82, 2.24) is 15.2 Å². The van der Waals surface area contributed by atoms with Gasteiger partial charge in [-0.05, 0) is 60.2 Å². The van der Waals surface area contributed by atoms with Gasteiger partial charge in [-0.1, -0.05) is 13.0 Å². The molecule has 0 aliphatic heterocycles. The van der Waals surface area contributed by atoms with E-state index in [0.717, 1.165) is 36.0 Å². The van der Waals surface area contributed by atoms with Gasteiger partial charge in [0.15, 0.2) is 0 Å². The van der Waals surface area contributed by atoms with Crippen LogP contribution in [0.25, 0.3) is 0 Å². The van der Waals surface area contributed by atoms with Crippen molar-refractivity contribution in [3.8, 4) is 0 Å². The Morgan fingerprint density at radius 2 is 2.12 bits per heavy atom. The van der Waals surface area contributed by atoms with Crippen LogP contribution in [0.15, 0.2) is 42.7 Å². The van der Waals surface area contributed by atoms with E-state index in [4.69, 9.17) is 0 Å². The maximum Gasteiger partial charge on any atom is 0.318 e. The van der Waals surface area contributed by atoms with Crippen LogP contribution in [0, 0.1) is 5.82 Å². The monoisotopic (exact) mass is 327 g/mol. The van der Waals surface area contributed by atoms with Crippen LogP contribution >= 0.6 is 0 Å². The van der Waals surface area contributed by atoms with Crippen LogP contribution in [0.1, 0.15) is 48.5 Å². The molecule has 1 aliphatic rings. The van der Waals surface area contributed by atoms with Crippen molar-refractivity contribution in [1.29, 1.82) is 0 Å². The summed E-state index contributed by atoms with van der Waals surface area (Å²) >= 11 is 0. The Kier molecular flexibility index (Phi) is 4.79. The fourth-order valence-corrected chi connectivity index (χ4v) is 3.43. The lowest BCUT2D eigenvalue weighted by Crippen LogP contribution is -2.40. The zero-order valence-corrected chi connectivity index (χ0v) is 14.0. The fourth-order valence-electron chi connectivity index (χ4n) is 3.43. The molecule has 2 unspecified atom stereocenters. The second-order valence-corrected chi connectivity index (χ2v) is 6.20. The lowest BCUT2D eigenvalue weighted by Gasteiger charge is -2.29. The summed E-state index contributed by atoms with van der Waals surface area (Å²) < 4.78 is 13.5. The molecule has 24 heavy (non-hydrogen) atoms. The molecule has 1 aromatic heterocycles. The topological polar surface area (TPSA) is 45.2 Å². The van der Waals surface area contributed by atoms with Crippen LogP contribution in [-0.2, 0) is 6.42 Å². The van der Waals surface area contributed by atoms with Gasteiger partial charge in [0.2, 0.25) is 0 Å². The summed E-state index contributed by atoms with van der Waals surface area (Å²) in [5, 5.41) is 3.05. The Morgan fingerprint density at radius 1 is 1.38 bits per heavy atom. The number of fused-ring (bicyclic) bond motifs is 1. The van der Waals surface area contributed by atoms with Crippen LogP contribution in [0.4, 0.5) is 9.18 Å². The van der Waals surface area contributed by atoms with Crippen molar-refractivity contribution < 1.29 is 9.18 Å².